The van der Waals surface area contributed by atoms with E-state index in [4.69, 9.17) is 0 Å². The van der Waals surface area contributed by atoms with Gasteiger partial charge in [0.1, 0.15) is 0 Å². The highest BCUT2D eigenvalue weighted by atomic mass is 16.6. The van der Waals surface area contributed by atoms with E-state index in [0.29, 0.717) is 24.0 Å². The molecule has 6 nitrogen and oxygen atoms in total. The predicted octanol–water partition coefficient (Wildman–Crippen LogP) is 2.99. The molecule has 23 heavy (non-hydrogen) atoms. The fourth-order valence-corrected chi connectivity index (χ4v) is 2.04. The van der Waals surface area contributed by atoms with Gasteiger partial charge in [-0.3, -0.25) is 14.9 Å². The first-order valence-corrected chi connectivity index (χ1v) is 7.17. The van der Waals surface area contributed by atoms with Gasteiger partial charge in [0.15, 0.2) is 0 Å². The Morgan fingerprint density at radius 2 is 2.00 bits per heavy atom. The average Bonchev–Trinajstić information content (AvgIpc) is 2.55. The highest BCUT2D eigenvalue weighted by Crippen LogP contribution is 2.18. The van der Waals surface area contributed by atoms with Crippen LogP contribution in [0.3, 0.4) is 0 Å². The molecule has 0 aliphatic rings. The van der Waals surface area contributed by atoms with Crippen molar-refractivity contribution in [2.24, 2.45) is 5.10 Å². The van der Waals surface area contributed by atoms with E-state index in [2.05, 4.69) is 10.5 Å². The van der Waals surface area contributed by atoms with Gasteiger partial charge in [0.2, 0.25) is 5.91 Å². The zero-order valence-corrected chi connectivity index (χ0v) is 12.7. The summed E-state index contributed by atoms with van der Waals surface area (Å²) in [7, 11) is 0. The Bertz CT molecular complexity index is 727. The van der Waals surface area contributed by atoms with E-state index >= 15 is 0 Å². The number of nitrogens with one attached hydrogen (secondary N) is 1. The summed E-state index contributed by atoms with van der Waals surface area (Å²) in [5.74, 6) is -0.202. The standard InChI is InChI=1S/C17H17N3O3/c1-13-7-8-15(11-16(13)20(22)23)12-18-19-17(21)10-9-14-5-3-2-4-6-14/h2-8,11-12H,9-10H2,1H3,(H,19,21)/b18-12-. The normalized spacial score (nSPS) is 10.7. The molecule has 0 radical (unpaired) electrons. The highest BCUT2D eigenvalue weighted by molar-refractivity contribution is 5.83. The maximum absolute atomic E-state index is 11.7. The van der Waals surface area contributed by atoms with Crippen molar-refractivity contribution in [3.63, 3.8) is 0 Å². The van der Waals surface area contributed by atoms with Crippen molar-refractivity contribution in [1.29, 1.82) is 0 Å². The molecule has 0 spiro atoms. The SMILES string of the molecule is Cc1ccc(/C=N\NC(=O)CCc2ccccc2)cc1[N+](=O)[O-]. The Morgan fingerprint density at radius 1 is 1.26 bits per heavy atom. The van der Waals surface area contributed by atoms with Crippen LogP contribution in [0.5, 0.6) is 0 Å². The molecule has 2 aromatic carbocycles. The quantitative estimate of drug-likeness (QED) is 0.505. The van der Waals surface area contributed by atoms with Gasteiger partial charge in [0.25, 0.3) is 5.69 Å². The molecule has 1 N–H and O–H groups in total. The molecule has 2 rings (SSSR count). The van der Waals surface area contributed by atoms with Crippen LogP contribution < -0.4 is 5.43 Å². The van der Waals surface area contributed by atoms with Crippen LogP contribution in [0.4, 0.5) is 5.69 Å². The van der Waals surface area contributed by atoms with Crippen LogP contribution in [0.25, 0.3) is 0 Å². The number of benzene rings is 2. The molecule has 0 saturated heterocycles. The van der Waals surface area contributed by atoms with Gasteiger partial charge < -0.3 is 0 Å². The Kier molecular flexibility index (Phi) is 5.57. The lowest BCUT2D eigenvalue weighted by molar-refractivity contribution is -0.385. The molecule has 0 aliphatic heterocycles. The molecule has 1 amide bonds. The molecule has 0 fully saturated rings. The van der Waals surface area contributed by atoms with Crippen molar-refractivity contribution in [3.05, 3.63) is 75.3 Å². The number of nitro benzene ring substituents is 1. The first-order valence-electron chi connectivity index (χ1n) is 7.17. The van der Waals surface area contributed by atoms with Crippen molar-refractivity contribution >= 4 is 17.8 Å². The molecule has 0 heterocycles. The van der Waals surface area contributed by atoms with Gasteiger partial charge in [0.05, 0.1) is 11.1 Å². The highest BCUT2D eigenvalue weighted by Gasteiger charge is 2.10. The van der Waals surface area contributed by atoms with Crippen LogP contribution in [0.1, 0.15) is 23.1 Å². The van der Waals surface area contributed by atoms with Crippen molar-refractivity contribution in [3.8, 4) is 0 Å². The number of aryl methyl sites for hydroxylation is 2. The molecule has 118 valence electrons. The van der Waals surface area contributed by atoms with Crippen molar-refractivity contribution in [1.82, 2.24) is 5.43 Å². The smallest absolute Gasteiger partial charge is 0.272 e. The number of amides is 1. The molecule has 0 aromatic heterocycles. The second kappa shape index (κ2) is 7.84. The largest absolute Gasteiger partial charge is 0.273 e. The van der Waals surface area contributed by atoms with E-state index in [1.54, 1.807) is 19.1 Å². The second-order valence-corrected chi connectivity index (χ2v) is 5.08. The third-order valence-electron chi connectivity index (χ3n) is 3.32. The summed E-state index contributed by atoms with van der Waals surface area (Å²) >= 11 is 0. The van der Waals surface area contributed by atoms with Crippen LogP contribution in [0.2, 0.25) is 0 Å². The molecular weight excluding hydrogens is 294 g/mol. The van der Waals surface area contributed by atoms with Crippen LogP contribution in [0, 0.1) is 17.0 Å². The van der Waals surface area contributed by atoms with Crippen molar-refractivity contribution in [2.75, 3.05) is 0 Å². The first kappa shape index (κ1) is 16.4. The molecular formula is C17H17N3O3. The number of nitro groups is 1. The van der Waals surface area contributed by atoms with Gasteiger partial charge in [-0.05, 0) is 18.9 Å². The average molecular weight is 311 g/mol. The summed E-state index contributed by atoms with van der Waals surface area (Å²) in [5.41, 5.74) is 4.68. The third-order valence-corrected chi connectivity index (χ3v) is 3.32. The van der Waals surface area contributed by atoms with Crippen LogP contribution >= 0.6 is 0 Å². The lowest BCUT2D eigenvalue weighted by Crippen LogP contribution is -2.17. The summed E-state index contributed by atoms with van der Waals surface area (Å²) < 4.78 is 0. The van der Waals surface area contributed by atoms with Gasteiger partial charge >= 0.3 is 0 Å². The van der Waals surface area contributed by atoms with Crippen LogP contribution in [-0.4, -0.2) is 17.0 Å². The minimum Gasteiger partial charge on any atom is -0.273 e. The second-order valence-electron chi connectivity index (χ2n) is 5.08. The van der Waals surface area contributed by atoms with E-state index in [0.717, 1.165) is 5.56 Å². The maximum atomic E-state index is 11.7. The Balaban J connectivity index is 1.87. The van der Waals surface area contributed by atoms with E-state index in [9.17, 15) is 14.9 Å². The van der Waals surface area contributed by atoms with E-state index in [-0.39, 0.29) is 11.6 Å². The summed E-state index contributed by atoms with van der Waals surface area (Å²) in [6.45, 7) is 1.67. The Hall–Kier alpha value is -3.02. The summed E-state index contributed by atoms with van der Waals surface area (Å²) in [4.78, 5) is 22.1. The van der Waals surface area contributed by atoms with E-state index < -0.39 is 4.92 Å². The number of hydrogen-bond donors (Lipinski definition) is 1. The van der Waals surface area contributed by atoms with Gasteiger partial charge in [0, 0.05) is 23.6 Å². The van der Waals surface area contributed by atoms with E-state index in [1.807, 2.05) is 30.3 Å². The summed E-state index contributed by atoms with van der Waals surface area (Å²) in [6.07, 6.45) is 2.36. The van der Waals surface area contributed by atoms with E-state index in [1.165, 1.54) is 12.3 Å². The molecule has 0 bridgehead atoms. The number of nitrogens with zero attached hydrogens (tertiary/aromatic N) is 2. The number of hydrazone groups is 1. The third kappa shape index (κ3) is 5.03. The predicted molar refractivity (Wildman–Crippen MR) is 88.3 cm³/mol. The molecule has 0 unspecified atom stereocenters. The zero-order valence-electron chi connectivity index (χ0n) is 12.7. The number of carbonyl (C=O) groups is 1. The zero-order chi connectivity index (χ0) is 16.7. The fraction of sp³-hybridized carbons (Fsp3) is 0.176. The minimum atomic E-state index is -0.439. The van der Waals surface area contributed by atoms with Gasteiger partial charge in [-0.1, -0.05) is 42.5 Å². The summed E-state index contributed by atoms with van der Waals surface area (Å²) in [6, 6.07) is 14.5. The Labute approximate surface area is 134 Å². The maximum Gasteiger partial charge on any atom is 0.272 e. The topological polar surface area (TPSA) is 84.6 Å². The van der Waals surface area contributed by atoms with Gasteiger partial charge in [-0.15, -0.1) is 0 Å². The minimum absolute atomic E-state index is 0.0318. The number of hydrogen-bond acceptors (Lipinski definition) is 4. The van der Waals surface area contributed by atoms with Gasteiger partial charge in [-0.25, -0.2) is 5.43 Å². The van der Waals surface area contributed by atoms with Crippen LogP contribution in [0.15, 0.2) is 53.6 Å². The molecule has 2 aromatic rings. The van der Waals surface area contributed by atoms with Crippen molar-refractivity contribution < 1.29 is 9.72 Å². The molecule has 0 atom stereocenters. The molecule has 0 saturated carbocycles. The number of rotatable bonds is 6. The lowest BCUT2D eigenvalue weighted by atomic mass is 10.1. The monoisotopic (exact) mass is 311 g/mol. The van der Waals surface area contributed by atoms with Gasteiger partial charge in [-0.2, -0.15) is 5.10 Å². The fourth-order valence-electron chi connectivity index (χ4n) is 2.04. The van der Waals surface area contributed by atoms with Crippen molar-refractivity contribution in [2.45, 2.75) is 19.8 Å². The molecule has 0 aliphatic carbocycles. The lowest BCUT2D eigenvalue weighted by Gasteiger charge is -2.01. The first-order chi connectivity index (χ1) is 11.1. The summed E-state index contributed by atoms with van der Waals surface area (Å²) in [5, 5.41) is 14.7. The Morgan fingerprint density at radius 3 is 2.70 bits per heavy atom. The van der Waals surface area contributed by atoms with Crippen LogP contribution in [-0.2, 0) is 11.2 Å². The molecule has 6 heteroatoms. The number of carbonyl (C=O) groups excluding carboxylic acids is 1.